The van der Waals surface area contributed by atoms with Crippen LogP contribution in [-0.4, -0.2) is 62.1 Å². The van der Waals surface area contributed by atoms with Crippen molar-refractivity contribution in [2.24, 2.45) is 0 Å². The van der Waals surface area contributed by atoms with Gasteiger partial charge in [0.2, 0.25) is 5.91 Å². The van der Waals surface area contributed by atoms with E-state index in [-0.39, 0.29) is 35.1 Å². The lowest BCUT2D eigenvalue weighted by Gasteiger charge is -2.27. The van der Waals surface area contributed by atoms with Gasteiger partial charge in [0, 0.05) is 33.4 Å². The summed E-state index contributed by atoms with van der Waals surface area (Å²) in [5.41, 5.74) is 1.53. The summed E-state index contributed by atoms with van der Waals surface area (Å²) >= 11 is 0. The van der Waals surface area contributed by atoms with E-state index in [4.69, 9.17) is 5.11 Å². The summed E-state index contributed by atoms with van der Waals surface area (Å²) in [5, 5.41) is 43.3. The van der Waals surface area contributed by atoms with Gasteiger partial charge >= 0.3 is 6.29 Å². The Kier molecular flexibility index (Phi) is 6.61. The van der Waals surface area contributed by atoms with Gasteiger partial charge in [-0.1, -0.05) is 26.8 Å². The van der Waals surface area contributed by atoms with E-state index in [0.717, 1.165) is 16.6 Å². The van der Waals surface area contributed by atoms with Gasteiger partial charge in [-0.05, 0) is 54.8 Å². The Hall–Kier alpha value is -3.25. The molecule has 1 aliphatic heterocycles. The average molecular weight is 555 g/mol. The van der Waals surface area contributed by atoms with Crippen LogP contribution in [-0.2, 0) is 22.2 Å². The Morgan fingerprint density at radius 3 is 2.38 bits per heavy atom. The van der Waals surface area contributed by atoms with E-state index in [0.29, 0.717) is 24.1 Å². The molecule has 9 nitrogen and oxygen atoms in total. The van der Waals surface area contributed by atoms with Crippen molar-refractivity contribution >= 4 is 22.5 Å². The Balaban J connectivity index is 0.00000231. The zero-order valence-corrected chi connectivity index (χ0v) is 21.8. The van der Waals surface area contributed by atoms with Gasteiger partial charge in [-0.25, -0.2) is 0 Å². The van der Waals surface area contributed by atoms with E-state index in [1.807, 2.05) is 31.4 Å². The molecule has 0 spiro atoms. The third-order valence-corrected chi connectivity index (χ3v) is 7.41. The van der Waals surface area contributed by atoms with Crippen molar-refractivity contribution in [3.05, 3.63) is 53.7 Å². The molecule has 1 saturated carbocycles. The molecule has 1 aliphatic carbocycles. The van der Waals surface area contributed by atoms with Gasteiger partial charge in [-0.2, -0.15) is 0 Å². The minimum absolute atomic E-state index is 0. The number of aliphatic hydroxyl groups is 4. The first-order chi connectivity index (χ1) is 18.2. The predicted octanol–water partition coefficient (Wildman–Crippen LogP) is 3.99. The van der Waals surface area contributed by atoms with Crippen LogP contribution in [0.2, 0.25) is 0 Å². The number of alkyl halides is 2. The van der Waals surface area contributed by atoms with Gasteiger partial charge in [0.05, 0.1) is 18.6 Å². The number of carbonyl (C=O) groups excluding carboxylic acids is 1. The minimum atomic E-state index is -3.73. The number of halogens is 2. The smallest absolute Gasteiger partial charge is 0.395 e. The minimum Gasteiger partial charge on any atom is -0.395 e. The summed E-state index contributed by atoms with van der Waals surface area (Å²) < 4.78 is 37.8. The van der Waals surface area contributed by atoms with E-state index in [1.165, 1.54) is 12.1 Å². The molecular formula is C28H40F2N2O7. The van der Waals surface area contributed by atoms with Gasteiger partial charge in [-0.15, -0.1) is 8.78 Å². The highest BCUT2D eigenvalue weighted by Crippen LogP contribution is 2.52. The maximum Gasteiger partial charge on any atom is 0.586 e. The molecular weight excluding hydrogens is 514 g/mol. The summed E-state index contributed by atoms with van der Waals surface area (Å²) in [7, 11) is 0. The molecule has 39 heavy (non-hydrogen) atoms. The molecule has 1 fully saturated rings. The highest BCUT2D eigenvalue weighted by atomic mass is 19.3. The van der Waals surface area contributed by atoms with Gasteiger partial charge in [0.1, 0.15) is 18.3 Å². The van der Waals surface area contributed by atoms with Crippen LogP contribution >= 0.6 is 0 Å². The van der Waals surface area contributed by atoms with Crippen LogP contribution in [0.4, 0.5) is 14.5 Å². The first kappa shape index (κ1) is 27.3. The number of hydrogen-bond donors (Lipinski definition) is 5. The Labute approximate surface area is 229 Å². The zero-order chi connectivity index (χ0) is 28.3. The first-order valence-electron chi connectivity index (χ1n) is 12.7. The van der Waals surface area contributed by atoms with Gasteiger partial charge in [0.15, 0.2) is 11.5 Å². The van der Waals surface area contributed by atoms with E-state index < -0.39 is 36.6 Å². The maximum absolute atomic E-state index is 13.4. The van der Waals surface area contributed by atoms with Crippen molar-refractivity contribution in [2.75, 3.05) is 11.9 Å². The number of hydrogen-bond acceptors (Lipinski definition) is 7. The van der Waals surface area contributed by atoms with Crippen molar-refractivity contribution in [3.8, 4) is 11.5 Å². The highest BCUT2D eigenvalue weighted by molar-refractivity contribution is 6.02. The second-order valence-electron chi connectivity index (χ2n) is 11.3. The number of anilines is 1. The van der Waals surface area contributed by atoms with E-state index in [1.54, 1.807) is 24.3 Å². The lowest BCUT2D eigenvalue weighted by Crippen LogP contribution is -2.42. The van der Waals surface area contributed by atoms with Crippen LogP contribution in [0.3, 0.4) is 0 Å². The number of carbonyl (C=O) groups is 1. The number of nitrogens with one attached hydrogen (secondary N) is 1. The quantitative estimate of drug-likeness (QED) is 0.284. The molecule has 5 N–H and O–H groups in total. The summed E-state index contributed by atoms with van der Waals surface area (Å²) in [6.07, 6.45) is -6.96. The largest absolute Gasteiger partial charge is 0.586 e. The number of aliphatic hydroxyl groups excluding tert-OH is 4. The fourth-order valence-corrected chi connectivity index (χ4v) is 5.10. The molecule has 1 amide bonds. The molecule has 0 unspecified atom stereocenters. The average Bonchev–Trinajstić information content (AvgIpc) is 3.51. The lowest BCUT2D eigenvalue weighted by molar-refractivity contribution is -0.286. The predicted molar refractivity (Wildman–Crippen MR) is 146 cm³/mol. The van der Waals surface area contributed by atoms with Crippen molar-refractivity contribution in [1.82, 2.24) is 4.57 Å². The van der Waals surface area contributed by atoms with E-state index in [2.05, 4.69) is 14.8 Å². The number of benzene rings is 2. The monoisotopic (exact) mass is 554 g/mol. The van der Waals surface area contributed by atoms with E-state index >= 15 is 0 Å². The third-order valence-electron chi connectivity index (χ3n) is 7.41. The second-order valence-corrected chi connectivity index (χ2v) is 11.3. The first-order valence-corrected chi connectivity index (χ1v) is 12.7. The molecule has 218 valence electrons. The number of nitrogens with zero attached hydrogens (tertiary/aromatic N) is 1. The van der Waals surface area contributed by atoms with Crippen molar-refractivity contribution in [2.45, 2.75) is 75.6 Å². The normalized spacial score (nSPS) is 19.5. The molecule has 0 saturated heterocycles. The van der Waals surface area contributed by atoms with Crippen LogP contribution in [0.5, 0.6) is 11.5 Å². The summed E-state index contributed by atoms with van der Waals surface area (Å²) in [4.78, 5) is 13.4. The Morgan fingerprint density at radius 2 is 1.74 bits per heavy atom. The van der Waals surface area contributed by atoms with Crippen LogP contribution in [0.1, 0.15) is 50.6 Å². The van der Waals surface area contributed by atoms with Crippen molar-refractivity contribution in [3.63, 3.8) is 0 Å². The Morgan fingerprint density at radius 1 is 1.05 bits per heavy atom. The fraction of sp³-hybridized carbons (Fsp3) is 0.464. The number of ether oxygens (including phenoxy) is 2. The maximum atomic E-state index is 13.4. The molecule has 1 aromatic heterocycles. The van der Waals surface area contributed by atoms with Gasteiger partial charge in [0.25, 0.3) is 0 Å². The highest BCUT2D eigenvalue weighted by Gasteiger charge is 2.52. The molecule has 3 aromatic rings. The molecule has 2 aliphatic rings. The van der Waals surface area contributed by atoms with Crippen LogP contribution in [0.15, 0.2) is 42.5 Å². The SMILES string of the molecule is CC(C)(C)c1cc2cc(NC(=O)C3(c4ccc5c(c4)OC(F)(F)O5)CC3)ccc2n1C[C@@H](O)[C@@H](O)[C@H](O)CO.[HH].[HH].[HH].[HH]. The summed E-state index contributed by atoms with van der Waals surface area (Å²) in [6, 6.07) is 11.7. The zero-order valence-electron chi connectivity index (χ0n) is 21.8. The molecule has 0 radical (unpaired) electrons. The lowest BCUT2D eigenvalue weighted by atomic mass is 9.92. The van der Waals surface area contributed by atoms with E-state index in [9.17, 15) is 28.9 Å². The molecule has 3 atom stereocenters. The number of amides is 1. The van der Waals surface area contributed by atoms with Crippen LogP contribution < -0.4 is 14.8 Å². The third kappa shape index (κ3) is 5.07. The molecule has 2 heterocycles. The summed E-state index contributed by atoms with van der Waals surface area (Å²) in [6.45, 7) is 5.31. The fourth-order valence-electron chi connectivity index (χ4n) is 5.10. The van der Waals surface area contributed by atoms with Crippen LogP contribution in [0, 0.1) is 0 Å². The number of fused-ring (bicyclic) bond motifs is 2. The van der Waals surface area contributed by atoms with Crippen LogP contribution in [0.25, 0.3) is 10.9 Å². The molecule has 2 aromatic carbocycles. The molecule has 11 heteroatoms. The van der Waals surface area contributed by atoms with Gasteiger partial charge < -0.3 is 39.8 Å². The second kappa shape index (κ2) is 9.44. The topological polar surface area (TPSA) is 133 Å². The van der Waals surface area contributed by atoms with Crippen molar-refractivity contribution in [1.29, 1.82) is 0 Å². The van der Waals surface area contributed by atoms with Crippen molar-refractivity contribution < 1.29 is 49.2 Å². The Bertz CT molecular complexity index is 1430. The number of aromatic nitrogens is 1. The molecule has 5 rings (SSSR count). The standard InChI is InChI=1S/C28H32F2N2O7.4H2/c1-26(2,3)23-11-15-10-17(5-6-18(15)32(23)13-19(34)24(36)20(35)14-33)31-25(37)27(8-9-27)16-4-7-21-22(12-16)39-28(29,30)38-21;;;;/h4-7,10-12,19-20,24,33-36H,8-9,13-14H2,1-3H3,(H,31,37);4*1H/t19-,20-,24-;;;;/m1..../s1. The molecule has 0 bridgehead atoms. The number of rotatable bonds is 8. The van der Waals surface area contributed by atoms with Gasteiger partial charge in [-0.3, -0.25) is 4.79 Å². The summed E-state index contributed by atoms with van der Waals surface area (Å²) in [5.74, 6) is -0.444.